The predicted molar refractivity (Wildman–Crippen MR) is 90.0 cm³/mol. The van der Waals surface area contributed by atoms with E-state index in [1.165, 1.54) is 12.1 Å². The summed E-state index contributed by atoms with van der Waals surface area (Å²) in [6, 6.07) is 10.2. The van der Waals surface area contributed by atoms with Crippen LogP contribution in [0.15, 0.2) is 42.6 Å². The molecule has 0 aliphatic carbocycles. The molecule has 0 saturated heterocycles. The van der Waals surface area contributed by atoms with E-state index in [1.54, 1.807) is 30.5 Å². The highest BCUT2D eigenvalue weighted by molar-refractivity contribution is 5.94. The Labute approximate surface area is 136 Å². The number of carbonyl (C=O) groups is 1. The number of nitrogens with one attached hydrogen (secondary N) is 2. The third-order valence-corrected chi connectivity index (χ3v) is 3.64. The molecule has 2 aromatic rings. The van der Waals surface area contributed by atoms with Crippen molar-refractivity contribution in [2.75, 3.05) is 11.9 Å². The third kappa shape index (κ3) is 5.36. The molecule has 1 heterocycles. The minimum atomic E-state index is -0.255. The first-order valence-corrected chi connectivity index (χ1v) is 7.83. The summed E-state index contributed by atoms with van der Waals surface area (Å²) in [7, 11) is 0. The van der Waals surface area contributed by atoms with Gasteiger partial charge < -0.3 is 10.6 Å². The first-order chi connectivity index (χ1) is 11.1. The summed E-state index contributed by atoms with van der Waals surface area (Å²) in [5.74, 6) is 0.354. The van der Waals surface area contributed by atoms with Crippen molar-refractivity contribution in [3.63, 3.8) is 0 Å². The molecule has 1 aromatic carbocycles. The van der Waals surface area contributed by atoms with Gasteiger partial charge in [-0.3, -0.25) is 4.79 Å². The van der Waals surface area contributed by atoms with Crippen molar-refractivity contribution in [2.24, 2.45) is 0 Å². The summed E-state index contributed by atoms with van der Waals surface area (Å²) in [4.78, 5) is 16.3. The van der Waals surface area contributed by atoms with E-state index < -0.39 is 0 Å². The molecule has 0 aliphatic heterocycles. The lowest BCUT2D eigenvalue weighted by Crippen LogP contribution is -2.26. The van der Waals surface area contributed by atoms with Gasteiger partial charge in [0, 0.05) is 18.8 Å². The minimum Gasteiger partial charge on any atom is -0.368 e. The second-order valence-corrected chi connectivity index (χ2v) is 5.52. The van der Waals surface area contributed by atoms with Gasteiger partial charge >= 0.3 is 0 Å². The van der Waals surface area contributed by atoms with Crippen LogP contribution >= 0.6 is 0 Å². The minimum absolute atomic E-state index is 0.158. The molecule has 1 amide bonds. The maximum Gasteiger partial charge on any atom is 0.252 e. The average molecular weight is 315 g/mol. The lowest BCUT2D eigenvalue weighted by Gasteiger charge is -2.12. The van der Waals surface area contributed by atoms with Crippen molar-refractivity contribution in [3.8, 4) is 0 Å². The standard InChI is InChI=1S/C18H22FN3O/c1-3-13(2)22-17-9-6-15(12-21-17)18(23)20-11-10-14-4-7-16(19)8-5-14/h4-9,12-13H,3,10-11H2,1-2H3,(H,20,23)(H,21,22). The normalized spacial score (nSPS) is 11.8. The maximum atomic E-state index is 12.8. The summed E-state index contributed by atoms with van der Waals surface area (Å²) >= 11 is 0. The molecule has 2 rings (SSSR count). The van der Waals surface area contributed by atoms with Crippen molar-refractivity contribution in [1.82, 2.24) is 10.3 Å². The highest BCUT2D eigenvalue weighted by Crippen LogP contribution is 2.08. The fraction of sp³-hybridized carbons (Fsp3) is 0.333. The number of nitrogens with zero attached hydrogens (tertiary/aromatic N) is 1. The quantitative estimate of drug-likeness (QED) is 0.823. The Hall–Kier alpha value is -2.43. The third-order valence-electron chi connectivity index (χ3n) is 3.64. The molecule has 122 valence electrons. The van der Waals surface area contributed by atoms with Crippen LogP contribution < -0.4 is 10.6 Å². The predicted octanol–water partition coefficient (Wildman–Crippen LogP) is 3.40. The molecule has 0 aliphatic rings. The zero-order valence-corrected chi connectivity index (χ0v) is 13.5. The number of benzene rings is 1. The Morgan fingerprint density at radius 1 is 1.22 bits per heavy atom. The Balaban J connectivity index is 1.82. The average Bonchev–Trinajstić information content (AvgIpc) is 2.57. The van der Waals surface area contributed by atoms with Gasteiger partial charge in [-0.2, -0.15) is 0 Å². The van der Waals surface area contributed by atoms with E-state index in [1.807, 2.05) is 0 Å². The molecule has 0 fully saturated rings. The number of halogens is 1. The van der Waals surface area contributed by atoms with E-state index in [4.69, 9.17) is 0 Å². The second-order valence-electron chi connectivity index (χ2n) is 5.52. The number of aromatic nitrogens is 1. The Kier molecular flexibility index (Phi) is 6.09. The van der Waals surface area contributed by atoms with Crippen LogP contribution in [0.5, 0.6) is 0 Å². The molecule has 0 saturated carbocycles. The number of carbonyl (C=O) groups excluding carboxylic acids is 1. The van der Waals surface area contributed by atoms with Gasteiger partial charge in [-0.05, 0) is 49.6 Å². The number of amides is 1. The fourth-order valence-corrected chi connectivity index (χ4v) is 2.04. The van der Waals surface area contributed by atoms with Gasteiger partial charge in [0.05, 0.1) is 5.56 Å². The Morgan fingerprint density at radius 2 is 1.96 bits per heavy atom. The highest BCUT2D eigenvalue weighted by Gasteiger charge is 2.06. The second kappa shape index (κ2) is 8.27. The van der Waals surface area contributed by atoms with E-state index in [2.05, 4.69) is 29.5 Å². The molecular weight excluding hydrogens is 293 g/mol. The van der Waals surface area contributed by atoms with Crippen LogP contribution in [0.25, 0.3) is 0 Å². The molecule has 0 radical (unpaired) electrons. The summed E-state index contributed by atoms with van der Waals surface area (Å²) < 4.78 is 12.8. The topological polar surface area (TPSA) is 54.0 Å². The van der Waals surface area contributed by atoms with Crippen LogP contribution in [0.1, 0.15) is 36.2 Å². The van der Waals surface area contributed by atoms with Crippen molar-refractivity contribution in [1.29, 1.82) is 0 Å². The van der Waals surface area contributed by atoms with E-state index >= 15 is 0 Å². The van der Waals surface area contributed by atoms with Crippen molar-refractivity contribution < 1.29 is 9.18 Å². The van der Waals surface area contributed by atoms with Crippen molar-refractivity contribution >= 4 is 11.7 Å². The van der Waals surface area contributed by atoms with Crippen LogP contribution in [0.2, 0.25) is 0 Å². The molecule has 2 N–H and O–H groups in total. The van der Waals surface area contributed by atoms with E-state index in [0.717, 1.165) is 17.8 Å². The number of pyridine rings is 1. The molecule has 5 heteroatoms. The Bertz CT molecular complexity index is 626. The van der Waals surface area contributed by atoms with Gasteiger partial charge in [-0.1, -0.05) is 19.1 Å². The lowest BCUT2D eigenvalue weighted by atomic mass is 10.1. The van der Waals surface area contributed by atoms with Crippen LogP contribution in [0.4, 0.5) is 10.2 Å². The largest absolute Gasteiger partial charge is 0.368 e. The van der Waals surface area contributed by atoms with Crippen LogP contribution in [-0.2, 0) is 6.42 Å². The SMILES string of the molecule is CCC(C)Nc1ccc(C(=O)NCCc2ccc(F)cc2)cn1. The Morgan fingerprint density at radius 3 is 2.57 bits per heavy atom. The van der Waals surface area contributed by atoms with Gasteiger partial charge in [0.2, 0.25) is 0 Å². The van der Waals surface area contributed by atoms with Crippen molar-refractivity contribution in [3.05, 3.63) is 59.5 Å². The van der Waals surface area contributed by atoms with Gasteiger partial charge in [0.1, 0.15) is 11.6 Å². The number of hydrogen-bond donors (Lipinski definition) is 2. The molecule has 1 aromatic heterocycles. The lowest BCUT2D eigenvalue weighted by molar-refractivity contribution is 0.0954. The summed E-state index contributed by atoms with van der Waals surface area (Å²) in [5.41, 5.74) is 1.51. The first kappa shape index (κ1) is 16.9. The summed E-state index contributed by atoms with van der Waals surface area (Å²) in [6.45, 7) is 4.68. The smallest absolute Gasteiger partial charge is 0.252 e. The first-order valence-electron chi connectivity index (χ1n) is 7.83. The number of rotatable bonds is 7. The van der Waals surface area contributed by atoms with E-state index in [-0.39, 0.29) is 11.7 Å². The summed E-state index contributed by atoms with van der Waals surface area (Å²) in [5, 5.41) is 6.09. The zero-order chi connectivity index (χ0) is 16.7. The van der Waals surface area contributed by atoms with Crippen LogP contribution in [-0.4, -0.2) is 23.5 Å². The molecule has 4 nitrogen and oxygen atoms in total. The van der Waals surface area contributed by atoms with Crippen LogP contribution in [0, 0.1) is 5.82 Å². The summed E-state index contributed by atoms with van der Waals surface area (Å²) in [6.07, 6.45) is 3.23. The molecule has 0 bridgehead atoms. The van der Waals surface area contributed by atoms with Gasteiger partial charge in [-0.25, -0.2) is 9.37 Å². The van der Waals surface area contributed by atoms with Crippen LogP contribution in [0.3, 0.4) is 0 Å². The van der Waals surface area contributed by atoms with Gasteiger partial charge in [0.15, 0.2) is 0 Å². The van der Waals surface area contributed by atoms with E-state index in [0.29, 0.717) is 24.6 Å². The highest BCUT2D eigenvalue weighted by atomic mass is 19.1. The zero-order valence-electron chi connectivity index (χ0n) is 13.5. The van der Waals surface area contributed by atoms with E-state index in [9.17, 15) is 9.18 Å². The molecule has 1 unspecified atom stereocenters. The molecule has 0 spiro atoms. The number of anilines is 1. The van der Waals surface area contributed by atoms with Gasteiger partial charge in [0.25, 0.3) is 5.91 Å². The maximum absolute atomic E-state index is 12.8. The van der Waals surface area contributed by atoms with Crippen molar-refractivity contribution in [2.45, 2.75) is 32.7 Å². The number of hydrogen-bond acceptors (Lipinski definition) is 3. The fourth-order valence-electron chi connectivity index (χ4n) is 2.04. The monoisotopic (exact) mass is 315 g/mol. The molecule has 23 heavy (non-hydrogen) atoms. The van der Waals surface area contributed by atoms with Gasteiger partial charge in [-0.15, -0.1) is 0 Å². The molecule has 1 atom stereocenters. The molecular formula is C18H22FN3O.